The summed E-state index contributed by atoms with van der Waals surface area (Å²) in [6.07, 6.45) is 0.708. The predicted molar refractivity (Wildman–Crippen MR) is 139 cm³/mol. The summed E-state index contributed by atoms with van der Waals surface area (Å²) >= 11 is 0. The zero-order valence-electron chi connectivity index (χ0n) is 20.5. The maximum absolute atomic E-state index is 14.1. The molecule has 36 heavy (non-hydrogen) atoms. The van der Waals surface area contributed by atoms with Gasteiger partial charge in [0.15, 0.2) is 5.54 Å². The van der Waals surface area contributed by atoms with Crippen molar-refractivity contribution in [2.75, 3.05) is 26.7 Å². The van der Waals surface area contributed by atoms with Crippen molar-refractivity contribution in [2.24, 2.45) is 0 Å². The Balaban J connectivity index is 1.47. The van der Waals surface area contributed by atoms with E-state index in [0.717, 1.165) is 39.0 Å². The monoisotopic (exact) mass is 479 g/mol. The van der Waals surface area contributed by atoms with Crippen LogP contribution >= 0.6 is 0 Å². The van der Waals surface area contributed by atoms with Gasteiger partial charge in [-0.15, -0.1) is 0 Å². The Labute approximate surface area is 210 Å². The lowest BCUT2D eigenvalue weighted by Gasteiger charge is -2.51. The molecule has 6 nitrogen and oxygen atoms in total. The van der Waals surface area contributed by atoms with E-state index >= 15 is 0 Å². The Morgan fingerprint density at radius 2 is 1.69 bits per heavy atom. The number of aromatic amines is 1. The Morgan fingerprint density at radius 1 is 0.972 bits per heavy atom. The van der Waals surface area contributed by atoms with E-state index in [2.05, 4.69) is 29.2 Å². The van der Waals surface area contributed by atoms with E-state index in [4.69, 9.17) is 4.74 Å². The lowest BCUT2D eigenvalue weighted by Crippen LogP contribution is -2.67. The van der Waals surface area contributed by atoms with Crippen LogP contribution in [-0.4, -0.2) is 53.3 Å². The number of carbonyl (C=O) groups is 2. The van der Waals surface area contributed by atoms with Crippen molar-refractivity contribution in [1.29, 1.82) is 0 Å². The molecule has 0 bridgehead atoms. The summed E-state index contributed by atoms with van der Waals surface area (Å²) in [5.41, 5.74) is 3.90. The number of nitrogens with one attached hydrogen (secondary N) is 1. The zero-order valence-corrected chi connectivity index (χ0v) is 20.5. The van der Waals surface area contributed by atoms with Crippen LogP contribution in [0.4, 0.5) is 0 Å². The first-order valence-electron chi connectivity index (χ1n) is 12.4. The fourth-order valence-corrected chi connectivity index (χ4v) is 6.00. The number of hydrogen-bond acceptors (Lipinski definition) is 3. The molecule has 3 aromatic carbocycles. The highest BCUT2D eigenvalue weighted by Crippen LogP contribution is 2.49. The number of ether oxygens (including phenoxy) is 1. The van der Waals surface area contributed by atoms with Crippen LogP contribution in [0.2, 0.25) is 0 Å². The van der Waals surface area contributed by atoms with Crippen LogP contribution < -0.4 is 4.74 Å². The lowest BCUT2D eigenvalue weighted by molar-refractivity contribution is -0.166. The maximum Gasteiger partial charge on any atom is 0.254 e. The Kier molecular flexibility index (Phi) is 5.32. The average molecular weight is 480 g/mol. The summed E-state index contributed by atoms with van der Waals surface area (Å²) in [7, 11) is 1.67. The summed E-state index contributed by atoms with van der Waals surface area (Å²) < 4.78 is 5.71. The molecule has 0 saturated carbocycles. The van der Waals surface area contributed by atoms with Crippen molar-refractivity contribution < 1.29 is 14.3 Å². The van der Waals surface area contributed by atoms with Crippen molar-refractivity contribution in [2.45, 2.75) is 24.8 Å². The van der Waals surface area contributed by atoms with Gasteiger partial charge in [0.1, 0.15) is 5.75 Å². The van der Waals surface area contributed by atoms with Gasteiger partial charge in [-0.25, -0.2) is 0 Å². The van der Waals surface area contributed by atoms with E-state index in [-0.39, 0.29) is 24.3 Å². The van der Waals surface area contributed by atoms with Gasteiger partial charge in [0.25, 0.3) is 5.91 Å². The van der Waals surface area contributed by atoms with Crippen molar-refractivity contribution in [3.8, 4) is 5.75 Å². The van der Waals surface area contributed by atoms with E-state index < -0.39 is 5.54 Å². The summed E-state index contributed by atoms with van der Waals surface area (Å²) in [6.45, 7) is 2.91. The number of hydrogen-bond donors (Lipinski definition) is 1. The van der Waals surface area contributed by atoms with Gasteiger partial charge in [-0.1, -0.05) is 66.7 Å². The second-order valence-electron chi connectivity index (χ2n) is 9.79. The molecule has 6 heteroatoms. The standard InChI is InChI=1S/C30H29N3O3/c1-30-28-27(22-13-6-8-14-24(22)31-28)23(21-12-7-9-15-25(21)36-2)18-33(30)26(34)19-32(29(30)35)17-16-20-10-4-3-5-11-20/h3-15,23,31H,16-19H2,1-2H3/t23-,30+/m1/s1. The minimum Gasteiger partial charge on any atom is -0.496 e. The summed E-state index contributed by atoms with van der Waals surface area (Å²) in [5, 5.41) is 1.07. The second-order valence-corrected chi connectivity index (χ2v) is 9.79. The molecule has 1 aromatic heterocycles. The first kappa shape index (κ1) is 22.4. The summed E-state index contributed by atoms with van der Waals surface area (Å²) in [5.74, 6) is 0.592. The average Bonchev–Trinajstić information content (AvgIpc) is 3.31. The van der Waals surface area contributed by atoms with Crippen molar-refractivity contribution in [3.63, 3.8) is 0 Å². The molecule has 0 unspecified atom stereocenters. The molecule has 2 aliphatic rings. The SMILES string of the molecule is COc1ccccc1[C@H]1CN2C(=O)CN(CCc3ccccc3)C(=O)[C@]2(C)c2[nH]c3ccccc3c21. The van der Waals surface area contributed by atoms with Crippen molar-refractivity contribution in [1.82, 2.24) is 14.8 Å². The lowest BCUT2D eigenvalue weighted by atomic mass is 9.76. The van der Waals surface area contributed by atoms with Gasteiger partial charge in [-0.2, -0.15) is 0 Å². The van der Waals surface area contributed by atoms with Crippen LogP contribution in [0.5, 0.6) is 5.75 Å². The third-order valence-corrected chi connectivity index (χ3v) is 7.84. The Morgan fingerprint density at radius 3 is 2.50 bits per heavy atom. The van der Waals surface area contributed by atoms with Gasteiger partial charge in [-0.05, 0) is 36.6 Å². The smallest absolute Gasteiger partial charge is 0.254 e. The molecule has 0 spiro atoms. The fraction of sp³-hybridized carbons (Fsp3) is 0.267. The highest BCUT2D eigenvalue weighted by molar-refractivity contribution is 6.01. The molecule has 1 fully saturated rings. The van der Waals surface area contributed by atoms with Crippen LogP contribution in [0.1, 0.15) is 35.2 Å². The molecular weight excluding hydrogens is 450 g/mol. The molecule has 4 aromatic rings. The molecule has 1 N–H and O–H groups in total. The number of para-hydroxylation sites is 2. The molecule has 1 saturated heterocycles. The first-order valence-corrected chi connectivity index (χ1v) is 12.4. The molecule has 2 amide bonds. The Hall–Kier alpha value is -4.06. The molecule has 2 atom stereocenters. The number of aromatic nitrogens is 1. The molecule has 0 aliphatic carbocycles. The van der Waals surface area contributed by atoms with Gasteiger partial charge < -0.3 is 19.5 Å². The van der Waals surface area contributed by atoms with Crippen LogP contribution in [0.15, 0.2) is 78.9 Å². The molecule has 6 rings (SSSR count). The number of amides is 2. The van der Waals surface area contributed by atoms with Gasteiger partial charge in [-0.3, -0.25) is 9.59 Å². The minimum atomic E-state index is -1.10. The normalized spacial score (nSPS) is 21.4. The van der Waals surface area contributed by atoms with E-state index in [1.54, 1.807) is 16.9 Å². The number of carbonyl (C=O) groups excluding carboxylic acids is 2. The number of H-pyrrole nitrogens is 1. The molecule has 0 radical (unpaired) electrons. The third-order valence-electron chi connectivity index (χ3n) is 7.84. The number of rotatable bonds is 5. The quantitative estimate of drug-likeness (QED) is 0.460. The number of methoxy groups -OCH3 is 1. The highest BCUT2D eigenvalue weighted by atomic mass is 16.5. The summed E-state index contributed by atoms with van der Waals surface area (Å²) in [6, 6.07) is 26.2. The minimum absolute atomic E-state index is 0.0330. The largest absolute Gasteiger partial charge is 0.496 e. The number of nitrogens with zero attached hydrogens (tertiary/aromatic N) is 2. The van der Waals surface area contributed by atoms with E-state index in [9.17, 15) is 9.59 Å². The van der Waals surface area contributed by atoms with E-state index in [0.29, 0.717) is 19.5 Å². The maximum atomic E-state index is 14.1. The molecular formula is C30H29N3O3. The van der Waals surface area contributed by atoms with E-state index in [1.165, 1.54) is 0 Å². The second kappa shape index (κ2) is 8.55. The third kappa shape index (κ3) is 3.32. The first-order chi connectivity index (χ1) is 17.5. The highest BCUT2D eigenvalue weighted by Gasteiger charge is 2.56. The van der Waals surface area contributed by atoms with Gasteiger partial charge in [0.05, 0.1) is 19.3 Å². The fourth-order valence-electron chi connectivity index (χ4n) is 6.00. The number of piperazine rings is 1. The van der Waals surface area contributed by atoms with Crippen LogP contribution in [-0.2, 0) is 21.5 Å². The predicted octanol–water partition coefficient (Wildman–Crippen LogP) is 4.45. The number of benzene rings is 3. The molecule has 182 valence electrons. The van der Waals surface area contributed by atoms with Gasteiger partial charge in [0, 0.05) is 35.5 Å². The molecule has 2 aliphatic heterocycles. The Bertz CT molecular complexity index is 1460. The van der Waals surface area contributed by atoms with Gasteiger partial charge in [0.2, 0.25) is 5.91 Å². The zero-order chi connectivity index (χ0) is 24.9. The number of fused-ring (bicyclic) bond motifs is 5. The van der Waals surface area contributed by atoms with Crippen molar-refractivity contribution in [3.05, 3.63) is 101 Å². The van der Waals surface area contributed by atoms with Gasteiger partial charge >= 0.3 is 0 Å². The van der Waals surface area contributed by atoms with Crippen molar-refractivity contribution >= 4 is 22.7 Å². The van der Waals surface area contributed by atoms with Crippen LogP contribution in [0.25, 0.3) is 10.9 Å². The summed E-state index contributed by atoms with van der Waals surface area (Å²) in [4.78, 5) is 34.8. The topological polar surface area (TPSA) is 65.6 Å². The molecule has 3 heterocycles. The van der Waals surface area contributed by atoms with Crippen LogP contribution in [0.3, 0.4) is 0 Å². The van der Waals surface area contributed by atoms with Crippen LogP contribution in [0, 0.1) is 0 Å². The van der Waals surface area contributed by atoms with E-state index in [1.807, 2.05) is 61.5 Å².